The van der Waals surface area contributed by atoms with Crippen molar-refractivity contribution in [3.8, 4) is 5.75 Å². The average molecular weight is 483 g/mol. The zero-order valence-electron chi connectivity index (χ0n) is 18.7. The van der Waals surface area contributed by atoms with Crippen LogP contribution in [0.15, 0.2) is 71.9 Å². The van der Waals surface area contributed by atoms with Crippen LogP contribution in [0.5, 0.6) is 5.75 Å². The number of nitrogens with zero attached hydrogens (tertiary/aromatic N) is 2. The molecule has 0 bridgehead atoms. The summed E-state index contributed by atoms with van der Waals surface area (Å²) in [6.45, 7) is 2.02. The van der Waals surface area contributed by atoms with Gasteiger partial charge in [0, 0.05) is 31.4 Å². The largest absolute Gasteiger partial charge is 0.481 e. The fourth-order valence-electron chi connectivity index (χ4n) is 3.83. The zero-order chi connectivity index (χ0) is 24.1. The Balaban J connectivity index is 1.25. The molecule has 0 aliphatic carbocycles. The van der Waals surface area contributed by atoms with E-state index in [1.165, 1.54) is 22.8 Å². The number of hydrogen-bond donors (Lipinski definition) is 2. The Bertz CT molecular complexity index is 1270. The molecule has 0 spiro atoms. The molecule has 2 aromatic carbocycles. The highest BCUT2D eigenvalue weighted by Gasteiger charge is 2.32. The Labute approximate surface area is 198 Å². The Hall–Kier alpha value is -3.50. The molecule has 2 N–H and O–H groups in total. The molecular weight excluding hydrogens is 456 g/mol. The van der Waals surface area contributed by atoms with Crippen LogP contribution < -0.4 is 15.6 Å². The first-order valence-electron chi connectivity index (χ1n) is 11.0. The second kappa shape index (κ2) is 10.2. The molecule has 2 amide bonds. The number of piperidine rings is 1. The van der Waals surface area contributed by atoms with Crippen molar-refractivity contribution in [2.75, 3.05) is 13.1 Å². The molecule has 1 atom stereocenters. The first-order valence-corrected chi connectivity index (χ1v) is 12.4. The number of hydrogen-bond acceptors (Lipinski definition) is 6. The van der Waals surface area contributed by atoms with Gasteiger partial charge < -0.3 is 4.74 Å². The maximum atomic E-state index is 12.7. The van der Waals surface area contributed by atoms with Gasteiger partial charge in [0.05, 0.1) is 0 Å². The summed E-state index contributed by atoms with van der Waals surface area (Å²) >= 11 is 0. The Morgan fingerprint density at radius 2 is 1.76 bits per heavy atom. The molecule has 34 heavy (non-hydrogen) atoms. The van der Waals surface area contributed by atoms with Gasteiger partial charge in [-0.1, -0.05) is 30.3 Å². The molecule has 2 heterocycles. The highest BCUT2D eigenvalue weighted by Crippen LogP contribution is 2.24. The third-order valence-corrected chi connectivity index (χ3v) is 7.69. The number of hydrazine groups is 1. The van der Waals surface area contributed by atoms with Gasteiger partial charge in [0.1, 0.15) is 10.6 Å². The lowest BCUT2D eigenvalue weighted by atomic mass is 9.98. The minimum Gasteiger partial charge on any atom is -0.481 e. The van der Waals surface area contributed by atoms with E-state index in [1.807, 2.05) is 36.4 Å². The fourth-order valence-corrected chi connectivity index (χ4v) is 5.27. The Morgan fingerprint density at radius 3 is 2.47 bits per heavy atom. The standard InChI is InChI=1S/C24H26N4O5S/c1-17(33-21-9-8-18-5-2-3-6-20(18)15-21)23(29)26-27-24(30)19-10-13-28(14-11-19)34(31,32)22-7-4-12-25-16-22/h2-9,12,15-17,19H,10-11,13-14H2,1H3,(H,26,29)(H,27,30). The van der Waals surface area contributed by atoms with Gasteiger partial charge in [-0.25, -0.2) is 8.42 Å². The van der Waals surface area contributed by atoms with Crippen molar-refractivity contribution in [1.82, 2.24) is 20.1 Å². The summed E-state index contributed by atoms with van der Waals surface area (Å²) in [6.07, 6.45) is 2.70. The molecule has 4 rings (SSSR count). The van der Waals surface area contributed by atoms with Gasteiger partial charge in [0.25, 0.3) is 5.91 Å². The summed E-state index contributed by atoms with van der Waals surface area (Å²) in [5.74, 6) is -0.699. The summed E-state index contributed by atoms with van der Waals surface area (Å²) in [6, 6.07) is 16.4. The van der Waals surface area contributed by atoms with Crippen LogP contribution in [0.2, 0.25) is 0 Å². The van der Waals surface area contributed by atoms with E-state index < -0.39 is 28.0 Å². The molecule has 3 aromatic rings. The van der Waals surface area contributed by atoms with Crippen LogP contribution in [0.25, 0.3) is 10.8 Å². The Morgan fingerprint density at radius 1 is 1.03 bits per heavy atom. The van der Waals surface area contributed by atoms with Crippen LogP contribution in [-0.2, 0) is 19.6 Å². The summed E-state index contributed by atoms with van der Waals surface area (Å²) in [7, 11) is -3.64. The number of rotatable bonds is 6. The number of aromatic nitrogens is 1. The summed E-state index contributed by atoms with van der Waals surface area (Å²) in [5, 5.41) is 2.07. The highest BCUT2D eigenvalue weighted by atomic mass is 32.2. The van der Waals surface area contributed by atoms with Gasteiger partial charge in [0.15, 0.2) is 6.10 Å². The number of fused-ring (bicyclic) bond motifs is 1. The van der Waals surface area contributed by atoms with E-state index in [4.69, 9.17) is 4.74 Å². The number of ether oxygens (including phenoxy) is 1. The quantitative estimate of drug-likeness (QED) is 0.521. The molecule has 1 saturated heterocycles. The lowest BCUT2D eigenvalue weighted by Crippen LogP contribution is -2.50. The van der Waals surface area contributed by atoms with Crippen molar-refractivity contribution >= 4 is 32.6 Å². The van der Waals surface area contributed by atoms with E-state index >= 15 is 0 Å². The first kappa shape index (κ1) is 23.7. The van der Waals surface area contributed by atoms with Crippen LogP contribution in [0.3, 0.4) is 0 Å². The van der Waals surface area contributed by atoms with Crippen molar-refractivity contribution in [1.29, 1.82) is 0 Å². The number of sulfonamides is 1. The number of benzene rings is 2. The van der Waals surface area contributed by atoms with Crippen LogP contribution >= 0.6 is 0 Å². The fraction of sp³-hybridized carbons (Fsp3) is 0.292. The number of carbonyl (C=O) groups excluding carboxylic acids is 2. The van der Waals surface area contributed by atoms with Crippen molar-refractivity contribution in [3.05, 3.63) is 67.0 Å². The van der Waals surface area contributed by atoms with Gasteiger partial charge >= 0.3 is 0 Å². The maximum Gasteiger partial charge on any atom is 0.279 e. The second-order valence-corrected chi connectivity index (χ2v) is 10.1. The van der Waals surface area contributed by atoms with Crippen molar-refractivity contribution < 1.29 is 22.7 Å². The highest BCUT2D eigenvalue weighted by molar-refractivity contribution is 7.89. The number of carbonyl (C=O) groups is 2. The topological polar surface area (TPSA) is 118 Å². The van der Waals surface area contributed by atoms with E-state index in [2.05, 4.69) is 15.8 Å². The zero-order valence-corrected chi connectivity index (χ0v) is 19.5. The molecule has 1 aliphatic heterocycles. The smallest absolute Gasteiger partial charge is 0.279 e. The third-order valence-electron chi connectivity index (χ3n) is 5.81. The monoisotopic (exact) mass is 482 g/mol. The van der Waals surface area contributed by atoms with Crippen LogP contribution in [0, 0.1) is 5.92 Å². The molecule has 1 aromatic heterocycles. The van der Waals surface area contributed by atoms with Gasteiger partial charge in [-0.05, 0) is 54.8 Å². The molecule has 1 aliphatic rings. The van der Waals surface area contributed by atoms with E-state index in [0.717, 1.165) is 10.8 Å². The van der Waals surface area contributed by atoms with Gasteiger partial charge in [-0.2, -0.15) is 4.31 Å². The van der Waals surface area contributed by atoms with Gasteiger partial charge in [0.2, 0.25) is 15.9 Å². The maximum absolute atomic E-state index is 12.7. The molecule has 0 radical (unpaired) electrons. The molecule has 178 valence electrons. The average Bonchev–Trinajstić information content (AvgIpc) is 2.87. The summed E-state index contributed by atoms with van der Waals surface area (Å²) in [4.78, 5) is 28.9. The molecule has 1 fully saturated rings. The van der Waals surface area contributed by atoms with Crippen LogP contribution in [0.4, 0.5) is 0 Å². The minimum atomic E-state index is -3.64. The second-order valence-electron chi connectivity index (χ2n) is 8.11. The van der Waals surface area contributed by atoms with Gasteiger partial charge in [-0.15, -0.1) is 0 Å². The van der Waals surface area contributed by atoms with Crippen molar-refractivity contribution in [2.24, 2.45) is 5.92 Å². The predicted octanol–water partition coefficient (Wildman–Crippen LogP) is 2.25. The molecule has 9 nitrogen and oxygen atoms in total. The number of nitrogens with one attached hydrogen (secondary N) is 2. The molecular formula is C24H26N4O5S. The SMILES string of the molecule is CC(Oc1ccc2ccccc2c1)C(=O)NNC(=O)C1CCN(S(=O)(=O)c2cccnc2)CC1. The molecule has 1 unspecified atom stereocenters. The van der Waals surface area contributed by atoms with E-state index in [9.17, 15) is 18.0 Å². The van der Waals surface area contributed by atoms with Crippen molar-refractivity contribution in [2.45, 2.75) is 30.8 Å². The minimum absolute atomic E-state index is 0.130. The van der Waals surface area contributed by atoms with Crippen LogP contribution in [-0.4, -0.2) is 48.7 Å². The summed E-state index contributed by atoms with van der Waals surface area (Å²) < 4.78 is 32.4. The molecule has 0 saturated carbocycles. The van der Waals surface area contributed by atoms with E-state index in [-0.39, 0.29) is 23.9 Å². The number of amides is 2. The van der Waals surface area contributed by atoms with E-state index in [1.54, 1.807) is 19.1 Å². The third kappa shape index (κ3) is 5.35. The Kier molecular flexibility index (Phi) is 7.09. The first-order chi connectivity index (χ1) is 16.3. The molecule has 10 heteroatoms. The summed E-state index contributed by atoms with van der Waals surface area (Å²) in [5.41, 5.74) is 4.84. The van der Waals surface area contributed by atoms with Gasteiger partial charge in [-0.3, -0.25) is 25.4 Å². The van der Waals surface area contributed by atoms with Crippen LogP contribution in [0.1, 0.15) is 19.8 Å². The lowest BCUT2D eigenvalue weighted by molar-refractivity contribution is -0.134. The van der Waals surface area contributed by atoms with E-state index in [0.29, 0.717) is 18.6 Å². The lowest BCUT2D eigenvalue weighted by Gasteiger charge is -2.30. The normalized spacial score (nSPS) is 16.0. The number of pyridine rings is 1. The van der Waals surface area contributed by atoms with Crippen molar-refractivity contribution in [3.63, 3.8) is 0 Å². The predicted molar refractivity (Wildman–Crippen MR) is 126 cm³/mol.